The number of rotatable bonds is 0. The summed E-state index contributed by atoms with van der Waals surface area (Å²) < 4.78 is 0. The van der Waals surface area contributed by atoms with Gasteiger partial charge in [-0.25, -0.2) is 0 Å². The van der Waals surface area contributed by atoms with Gasteiger partial charge >= 0.3 is 0 Å². The Morgan fingerprint density at radius 1 is 0.333 bits per heavy atom. The summed E-state index contributed by atoms with van der Waals surface area (Å²) in [6.45, 7) is 0. The van der Waals surface area contributed by atoms with Gasteiger partial charge in [0.05, 0.1) is 0 Å². The summed E-state index contributed by atoms with van der Waals surface area (Å²) in [6.07, 6.45) is 27.0. The molecule has 0 atom stereocenters. The Morgan fingerprint density at radius 3 is 0.778 bits per heavy atom. The molecule has 4 nitrogen and oxygen atoms in total. The first-order valence-electron chi connectivity index (χ1n) is 4.97. The molecule has 1 rings (SSSR count). The predicted octanol–water partition coefficient (Wildman–Crippen LogP) is 4.77. The quantitative estimate of drug-likeness (QED) is 0.493. The molecule has 0 aromatic rings. The van der Waals surface area contributed by atoms with Crippen LogP contribution in [-0.2, 0) is 0 Å². The lowest BCUT2D eigenvalue weighted by molar-refractivity contribution is 1.38. The number of hydrogen-bond acceptors (Lipinski definition) is 4. The molecule has 0 saturated carbocycles. The van der Waals surface area contributed by atoms with Crippen LogP contribution >= 0.6 is 0 Å². The molecule has 18 heavy (non-hydrogen) atoms. The molecule has 12 N–H and O–H groups in total. The van der Waals surface area contributed by atoms with E-state index >= 15 is 0 Å². The zero-order chi connectivity index (χ0) is 9.90. The summed E-state index contributed by atoms with van der Waals surface area (Å²) in [5.41, 5.74) is 0. The molecule has 104 valence electrons. The third kappa shape index (κ3) is 16.7. The van der Waals surface area contributed by atoms with Crippen LogP contribution in [0.4, 0.5) is 0 Å². The van der Waals surface area contributed by atoms with E-state index in [9.17, 15) is 0 Å². The van der Waals surface area contributed by atoms with Gasteiger partial charge in [0.25, 0.3) is 0 Å². The third-order valence-corrected chi connectivity index (χ3v) is 1.76. The molecule has 0 heterocycles. The Labute approximate surface area is 111 Å². The smallest absolute Gasteiger partial charge is 0.0163 e. The average molecular weight is 252 g/mol. The molecule has 0 spiro atoms. The lowest BCUT2D eigenvalue weighted by Gasteiger charge is -1.82. The van der Waals surface area contributed by atoms with E-state index < -0.39 is 0 Å². The van der Waals surface area contributed by atoms with Crippen molar-refractivity contribution in [1.82, 2.24) is 24.6 Å². The van der Waals surface area contributed by atoms with Crippen molar-refractivity contribution in [2.45, 2.75) is 12.8 Å². The molecule has 4 heteroatoms. The Balaban J connectivity index is -0.000000245. The van der Waals surface area contributed by atoms with Crippen molar-refractivity contribution < 1.29 is 0 Å². The van der Waals surface area contributed by atoms with Gasteiger partial charge < -0.3 is 24.6 Å². The topological polar surface area (TPSA) is 140 Å². The molecule has 1 aliphatic carbocycles. The van der Waals surface area contributed by atoms with Crippen LogP contribution < -0.4 is 24.6 Å². The molecule has 0 radical (unpaired) electrons. The van der Waals surface area contributed by atoms with Crippen molar-refractivity contribution in [2.75, 3.05) is 0 Å². The average Bonchev–Trinajstić information content (AvgIpc) is 2.22. The first-order chi connectivity index (χ1) is 7.00. The molecular weight excluding hydrogens is 224 g/mol. The highest BCUT2D eigenvalue weighted by Gasteiger charge is 1.71. The molecular formula is C14H28N4. The van der Waals surface area contributed by atoms with Crippen LogP contribution in [0.2, 0.25) is 0 Å². The fraction of sp³-hybridized carbons (Fsp3) is 0.143. The summed E-state index contributed by atoms with van der Waals surface area (Å²) in [7, 11) is 0. The van der Waals surface area contributed by atoms with Gasteiger partial charge in [0.1, 0.15) is 0 Å². The van der Waals surface area contributed by atoms with Crippen molar-refractivity contribution in [3.63, 3.8) is 0 Å². The molecule has 0 aromatic carbocycles. The second-order valence-corrected chi connectivity index (χ2v) is 2.95. The largest absolute Gasteiger partial charge is 0.344 e. The highest BCUT2D eigenvalue weighted by molar-refractivity contribution is 5.16. The first kappa shape index (κ1) is 25.2. The van der Waals surface area contributed by atoms with Gasteiger partial charge in [0, 0.05) is 0 Å². The fourth-order valence-corrected chi connectivity index (χ4v) is 1.04. The normalized spacial score (nSPS) is 13.3. The van der Waals surface area contributed by atoms with Gasteiger partial charge in [-0.3, -0.25) is 0 Å². The highest BCUT2D eigenvalue weighted by atomic mass is 14.0. The van der Waals surface area contributed by atoms with E-state index in [2.05, 4.69) is 72.9 Å². The van der Waals surface area contributed by atoms with E-state index in [1.807, 2.05) is 0 Å². The monoisotopic (exact) mass is 252 g/mol. The van der Waals surface area contributed by atoms with E-state index in [0.29, 0.717) is 0 Å². The van der Waals surface area contributed by atoms with Crippen molar-refractivity contribution in [3.05, 3.63) is 72.9 Å². The van der Waals surface area contributed by atoms with E-state index in [1.54, 1.807) is 0 Å². The summed E-state index contributed by atoms with van der Waals surface area (Å²) in [5, 5.41) is 0. The Hall–Kier alpha value is -1.72. The summed E-state index contributed by atoms with van der Waals surface area (Å²) in [6, 6.07) is 0. The molecule has 1 aliphatic rings. The minimum atomic E-state index is 0. The second-order valence-electron chi connectivity index (χ2n) is 2.95. The molecule has 0 amide bonds. The zero-order valence-electron chi connectivity index (χ0n) is 11.2. The second kappa shape index (κ2) is 20.7. The van der Waals surface area contributed by atoms with Crippen molar-refractivity contribution in [3.8, 4) is 0 Å². The van der Waals surface area contributed by atoms with Crippen molar-refractivity contribution in [1.29, 1.82) is 0 Å². The maximum atomic E-state index is 2.14. The van der Waals surface area contributed by atoms with Crippen LogP contribution in [0.15, 0.2) is 72.9 Å². The van der Waals surface area contributed by atoms with Crippen LogP contribution in [0.5, 0.6) is 0 Å². The van der Waals surface area contributed by atoms with Crippen molar-refractivity contribution in [2.24, 2.45) is 0 Å². The minimum Gasteiger partial charge on any atom is -0.344 e. The summed E-state index contributed by atoms with van der Waals surface area (Å²) in [4.78, 5) is 0. The lowest BCUT2D eigenvalue weighted by Crippen LogP contribution is -1.60. The molecule has 0 aliphatic heterocycles. The molecule has 0 aromatic heterocycles. The molecule has 0 fully saturated rings. The Morgan fingerprint density at radius 2 is 0.556 bits per heavy atom. The van der Waals surface area contributed by atoms with Crippen LogP contribution in [0, 0.1) is 0 Å². The standard InChI is InChI=1S/C14H16.4H3N/c1-2-4-6-8-10-12-14-13-11-9-7-5-3-1;;;;/h1-6,9-14H,7-8H2;4*1H3. The number of hydrogen-bond donors (Lipinski definition) is 4. The molecule has 0 bridgehead atoms. The minimum absolute atomic E-state index is 0. The third-order valence-electron chi connectivity index (χ3n) is 1.76. The Kier molecular flexibility index (Phi) is 28.9. The Bertz CT molecular complexity index is 250. The lowest BCUT2D eigenvalue weighted by atomic mass is 10.3. The highest BCUT2D eigenvalue weighted by Crippen LogP contribution is 1.92. The zero-order valence-corrected chi connectivity index (χ0v) is 11.2. The van der Waals surface area contributed by atoms with Gasteiger partial charge in [0.15, 0.2) is 0 Å². The van der Waals surface area contributed by atoms with Crippen LogP contribution in [0.3, 0.4) is 0 Å². The first-order valence-corrected chi connectivity index (χ1v) is 4.97. The van der Waals surface area contributed by atoms with E-state index in [1.165, 1.54) is 0 Å². The maximum absolute atomic E-state index is 2.14. The van der Waals surface area contributed by atoms with E-state index in [4.69, 9.17) is 0 Å². The number of allylic oxidation sites excluding steroid dienone is 12. The van der Waals surface area contributed by atoms with Gasteiger partial charge in [-0.15, -0.1) is 0 Å². The van der Waals surface area contributed by atoms with Gasteiger partial charge in [0.2, 0.25) is 0 Å². The van der Waals surface area contributed by atoms with Gasteiger partial charge in [-0.05, 0) is 12.8 Å². The van der Waals surface area contributed by atoms with Crippen LogP contribution in [0.1, 0.15) is 12.8 Å². The van der Waals surface area contributed by atoms with E-state index in [0.717, 1.165) is 12.8 Å². The van der Waals surface area contributed by atoms with Gasteiger partial charge in [-0.2, -0.15) is 0 Å². The SMILES string of the molecule is C1=CC=CCC=CC=CC=CCC=C1.N.N.N.N. The fourth-order valence-electron chi connectivity index (χ4n) is 1.04. The van der Waals surface area contributed by atoms with Crippen LogP contribution in [-0.4, -0.2) is 0 Å². The summed E-state index contributed by atoms with van der Waals surface area (Å²) >= 11 is 0. The van der Waals surface area contributed by atoms with Gasteiger partial charge in [-0.1, -0.05) is 72.9 Å². The van der Waals surface area contributed by atoms with E-state index in [-0.39, 0.29) is 24.6 Å². The van der Waals surface area contributed by atoms with Crippen molar-refractivity contribution >= 4 is 0 Å². The predicted molar refractivity (Wildman–Crippen MR) is 84.2 cm³/mol. The molecule has 0 unspecified atom stereocenters. The maximum Gasteiger partial charge on any atom is -0.0163 e. The summed E-state index contributed by atoms with van der Waals surface area (Å²) in [5.74, 6) is 0. The van der Waals surface area contributed by atoms with Crippen LogP contribution in [0.25, 0.3) is 0 Å². The molecule has 0 saturated heterocycles.